The van der Waals surface area contributed by atoms with Crippen molar-refractivity contribution in [2.45, 2.75) is 0 Å². The molecule has 0 saturated carbocycles. The standard InChI is InChI=1S/2C7H8Cl2N2O4.C3H2Cl2N2.C2H3BrO2.2BrH/c2*8-6-7(9)11(2-5(14)15)3-10(6)1-4(12)13;4-2-3(5)7-1-6-2;3-1-2(4)5;;/h2*1-3H2,(H,12,13)(H,14,15);1H,(H,6,7);1H2,(H,4,5);2*1H/p-2. The van der Waals surface area contributed by atoms with Crippen LogP contribution in [0.25, 0.3) is 0 Å². The van der Waals surface area contributed by atoms with Crippen LogP contribution in [0.5, 0.6) is 0 Å². The van der Waals surface area contributed by atoms with E-state index in [0.717, 1.165) is 0 Å². The van der Waals surface area contributed by atoms with Gasteiger partial charge in [0.2, 0.25) is 0 Å². The fourth-order valence-electron chi connectivity index (χ4n) is 2.57. The number of rotatable bonds is 9. The molecule has 0 unspecified atom stereocenters. The molecule has 0 atom stereocenters. The SMILES string of the molecule is Clc1nc[nH]c1Cl.O=C(O)CBr.O=C(O)CN1CN(CC(=O)O)C(Cl)=C1Cl.O=C(O)CN1CN(CC(=O)O)C(Cl)=C1Cl.[Br-].[Br-]. The minimum atomic E-state index is -1.06. The molecule has 3 rings (SSSR count). The number of H-pyrrole nitrogens is 1. The second-order valence-electron chi connectivity index (χ2n) is 7.35. The Morgan fingerprint density at radius 3 is 1.00 bits per heavy atom. The summed E-state index contributed by atoms with van der Waals surface area (Å²) in [5, 5.41) is 42.8. The van der Waals surface area contributed by atoms with Crippen LogP contribution in [0.2, 0.25) is 10.3 Å². The van der Waals surface area contributed by atoms with Gasteiger partial charge in [0, 0.05) is 0 Å². The molecule has 1 aromatic rings. The maximum atomic E-state index is 10.4. The smallest absolute Gasteiger partial charge is 0.323 e. The van der Waals surface area contributed by atoms with E-state index in [2.05, 4.69) is 25.9 Å². The van der Waals surface area contributed by atoms with Crippen molar-refractivity contribution < 1.29 is 83.5 Å². The number of carbonyl (C=O) groups is 5. The first-order valence-electron chi connectivity index (χ1n) is 10.5. The zero-order valence-corrected chi connectivity index (χ0v) is 30.7. The van der Waals surface area contributed by atoms with Gasteiger partial charge in [-0.1, -0.05) is 85.5 Å². The molecule has 0 radical (unpaired) electrons. The Hall–Kier alpha value is -1.58. The van der Waals surface area contributed by atoms with E-state index in [1.165, 1.54) is 25.9 Å². The fourth-order valence-corrected chi connectivity index (χ4v) is 3.71. The van der Waals surface area contributed by atoms with E-state index in [1.807, 2.05) is 0 Å². The molecule has 0 amide bonds. The highest BCUT2D eigenvalue weighted by Crippen LogP contribution is 2.29. The average molecular weight is 946 g/mol. The minimum Gasteiger partial charge on any atom is -1.00 e. The molecule has 252 valence electrons. The number of aromatic nitrogens is 2. The van der Waals surface area contributed by atoms with Gasteiger partial charge >= 0.3 is 29.8 Å². The third-order valence-corrected chi connectivity index (χ3v) is 7.12. The van der Waals surface area contributed by atoms with Gasteiger partial charge in [0.1, 0.15) is 57.3 Å². The quantitative estimate of drug-likeness (QED) is 0.106. The molecular weight excluding hydrogens is 925 g/mol. The predicted octanol–water partition coefficient (Wildman–Crippen LogP) is -3.14. The van der Waals surface area contributed by atoms with Crippen LogP contribution in [0.4, 0.5) is 0 Å². The number of carboxylic acid groups (broad SMARTS) is 5. The molecule has 0 saturated heterocycles. The van der Waals surface area contributed by atoms with Crippen molar-refractivity contribution in [3.8, 4) is 0 Å². The topological polar surface area (TPSA) is 228 Å². The largest absolute Gasteiger partial charge is 1.00 e. The maximum Gasteiger partial charge on any atom is 0.323 e. The highest BCUT2D eigenvalue weighted by Gasteiger charge is 2.30. The summed E-state index contributed by atoms with van der Waals surface area (Å²) in [6.07, 6.45) is 1.44. The van der Waals surface area contributed by atoms with Crippen molar-refractivity contribution in [1.29, 1.82) is 0 Å². The van der Waals surface area contributed by atoms with E-state index in [9.17, 15) is 24.0 Å². The van der Waals surface area contributed by atoms with Crippen molar-refractivity contribution >= 4 is 115 Å². The first-order chi connectivity index (χ1) is 19.4. The number of carboxylic acids is 5. The summed E-state index contributed by atoms with van der Waals surface area (Å²) in [5.74, 6) is -5.07. The van der Waals surface area contributed by atoms with Gasteiger partial charge in [0.25, 0.3) is 0 Å². The highest BCUT2D eigenvalue weighted by atomic mass is 79.9. The van der Waals surface area contributed by atoms with Crippen LogP contribution in [0.15, 0.2) is 27.0 Å². The number of nitrogens with zero attached hydrogens (tertiary/aromatic N) is 5. The maximum absolute atomic E-state index is 10.4. The normalized spacial score (nSPS) is 13.3. The zero-order chi connectivity index (χ0) is 32.7. The van der Waals surface area contributed by atoms with Gasteiger partial charge in [-0.25, -0.2) is 4.98 Å². The monoisotopic (exact) mass is 940 g/mol. The van der Waals surface area contributed by atoms with E-state index < -0.39 is 29.8 Å². The Morgan fingerprint density at radius 1 is 0.636 bits per heavy atom. The van der Waals surface area contributed by atoms with E-state index in [4.69, 9.17) is 95.1 Å². The Bertz CT molecular complexity index is 1070. The van der Waals surface area contributed by atoms with Crippen molar-refractivity contribution in [2.24, 2.45) is 0 Å². The van der Waals surface area contributed by atoms with E-state index in [0.29, 0.717) is 10.3 Å². The molecule has 0 bridgehead atoms. The molecular formula is C19H21Br3Cl6N6O10-2. The van der Waals surface area contributed by atoms with Gasteiger partial charge in [-0.3, -0.25) is 24.0 Å². The van der Waals surface area contributed by atoms with E-state index in [-0.39, 0.29) is 99.4 Å². The molecule has 0 spiro atoms. The van der Waals surface area contributed by atoms with Crippen LogP contribution in [-0.2, 0) is 24.0 Å². The number of aromatic amines is 1. The molecule has 16 nitrogen and oxygen atoms in total. The summed E-state index contributed by atoms with van der Waals surface area (Å²) in [6.45, 7) is -1.13. The third kappa shape index (κ3) is 18.4. The number of nitrogens with one attached hydrogen (secondary N) is 1. The number of alkyl halides is 1. The summed E-state index contributed by atoms with van der Waals surface area (Å²) >= 11 is 36.3. The summed E-state index contributed by atoms with van der Waals surface area (Å²) in [6, 6.07) is 0. The second kappa shape index (κ2) is 23.7. The fraction of sp³-hybridized carbons (Fsp3) is 0.368. The van der Waals surface area contributed by atoms with Crippen LogP contribution in [0.1, 0.15) is 0 Å². The van der Waals surface area contributed by atoms with Crippen LogP contribution < -0.4 is 34.0 Å². The Kier molecular flexibility index (Phi) is 25.2. The van der Waals surface area contributed by atoms with Crippen molar-refractivity contribution in [3.63, 3.8) is 0 Å². The lowest BCUT2D eigenvalue weighted by atomic mass is 10.6. The lowest BCUT2D eigenvalue weighted by Gasteiger charge is -2.18. The minimum absolute atomic E-state index is 0. The summed E-state index contributed by atoms with van der Waals surface area (Å²) in [7, 11) is 0. The van der Waals surface area contributed by atoms with Crippen molar-refractivity contribution in [1.82, 2.24) is 29.6 Å². The molecule has 44 heavy (non-hydrogen) atoms. The third-order valence-electron chi connectivity index (χ3n) is 4.10. The van der Waals surface area contributed by atoms with Gasteiger partial charge in [-0.2, -0.15) is 0 Å². The molecule has 6 N–H and O–H groups in total. The van der Waals surface area contributed by atoms with Crippen molar-refractivity contribution in [3.05, 3.63) is 37.3 Å². The summed E-state index contributed by atoms with van der Waals surface area (Å²) in [5.41, 5.74) is 0. The summed E-state index contributed by atoms with van der Waals surface area (Å²) in [4.78, 5) is 62.3. The molecule has 2 aliphatic rings. The van der Waals surface area contributed by atoms with Gasteiger partial charge in [-0.05, 0) is 0 Å². The summed E-state index contributed by atoms with van der Waals surface area (Å²) < 4.78 is 0. The highest BCUT2D eigenvalue weighted by molar-refractivity contribution is 9.09. The predicted molar refractivity (Wildman–Crippen MR) is 155 cm³/mol. The van der Waals surface area contributed by atoms with Crippen LogP contribution >= 0.6 is 85.5 Å². The zero-order valence-electron chi connectivity index (χ0n) is 21.4. The number of hydrogen-bond donors (Lipinski definition) is 6. The van der Waals surface area contributed by atoms with Crippen LogP contribution in [-0.4, -0.2) is 130 Å². The molecule has 25 heteroatoms. The molecule has 1 aromatic heterocycles. The lowest BCUT2D eigenvalue weighted by Crippen LogP contribution is -3.00. The molecule has 2 aliphatic heterocycles. The Labute approximate surface area is 308 Å². The van der Waals surface area contributed by atoms with Gasteiger partial charge < -0.3 is 84.1 Å². The number of hydrogen-bond acceptors (Lipinski definition) is 10. The molecule has 0 aromatic carbocycles. The van der Waals surface area contributed by atoms with Crippen LogP contribution in [0, 0.1) is 0 Å². The van der Waals surface area contributed by atoms with Crippen molar-refractivity contribution in [2.75, 3.05) is 44.8 Å². The lowest BCUT2D eigenvalue weighted by molar-refractivity contribution is -0.140. The Balaban J connectivity index is -0.000000544. The number of imidazole rings is 1. The first-order valence-corrected chi connectivity index (χ1v) is 13.9. The van der Waals surface area contributed by atoms with E-state index >= 15 is 0 Å². The van der Waals surface area contributed by atoms with Gasteiger partial charge in [-0.15, -0.1) is 0 Å². The Morgan fingerprint density at radius 2 is 0.886 bits per heavy atom. The average Bonchev–Trinajstić information content (AvgIpc) is 3.46. The number of halogens is 9. The van der Waals surface area contributed by atoms with Crippen LogP contribution in [0.3, 0.4) is 0 Å². The first kappa shape index (κ1) is 46.8. The molecule has 3 heterocycles. The van der Waals surface area contributed by atoms with Gasteiger partial charge in [0.05, 0.1) is 19.7 Å². The molecule has 0 fully saturated rings. The van der Waals surface area contributed by atoms with Gasteiger partial charge in [0.15, 0.2) is 5.15 Å². The van der Waals surface area contributed by atoms with E-state index in [1.54, 1.807) is 0 Å². The molecule has 0 aliphatic carbocycles. The second-order valence-corrected chi connectivity index (χ2v) is 10.1. The number of aliphatic carboxylic acids is 5.